The van der Waals surface area contributed by atoms with Gasteiger partial charge in [-0.2, -0.15) is 0 Å². The molecule has 0 fully saturated rings. The van der Waals surface area contributed by atoms with Crippen molar-refractivity contribution in [1.82, 2.24) is 9.38 Å². The zero-order chi connectivity index (χ0) is 16.9. The van der Waals surface area contributed by atoms with Gasteiger partial charge in [0.2, 0.25) is 0 Å². The lowest BCUT2D eigenvalue weighted by Crippen LogP contribution is -2.10. The maximum absolute atomic E-state index is 12.2. The van der Waals surface area contributed by atoms with Crippen LogP contribution in [0.2, 0.25) is 0 Å². The Hall–Kier alpha value is -2.82. The van der Waals surface area contributed by atoms with Crippen LogP contribution >= 0.6 is 0 Å². The van der Waals surface area contributed by atoms with E-state index in [-0.39, 0.29) is 5.97 Å². The molecule has 5 heteroatoms. The van der Waals surface area contributed by atoms with Crippen molar-refractivity contribution in [2.24, 2.45) is 0 Å². The van der Waals surface area contributed by atoms with Gasteiger partial charge in [-0.25, -0.2) is 9.78 Å². The minimum Gasteiger partial charge on any atom is -0.489 e. The van der Waals surface area contributed by atoms with E-state index in [1.807, 2.05) is 49.4 Å². The van der Waals surface area contributed by atoms with Crippen LogP contribution in [0.4, 0.5) is 0 Å². The number of aromatic nitrogens is 2. The van der Waals surface area contributed by atoms with Gasteiger partial charge in [0.05, 0.1) is 12.3 Å². The first-order chi connectivity index (χ1) is 11.7. The lowest BCUT2D eigenvalue weighted by molar-refractivity contribution is 0.0517. The molecule has 3 aromatic rings. The van der Waals surface area contributed by atoms with E-state index in [1.54, 1.807) is 17.5 Å². The number of hydrogen-bond donors (Lipinski definition) is 0. The summed E-state index contributed by atoms with van der Waals surface area (Å²) in [5.74, 6) is 0.370. The number of fused-ring (bicyclic) bond motifs is 1. The van der Waals surface area contributed by atoms with Crippen LogP contribution in [0.25, 0.3) is 5.65 Å². The van der Waals surface area contributed by atoms with E-state index in [4.69, 9.17) is 9.47 Å². The van der Waals surface area contributed by atoms with Crippen LogP contribution in [0.5, 0.6) is 5.75 Å². The second-order valence-corrected chi connectivity index (χ2v) is 5.35. The average molecular weight is 324 g/mol. The third-order valence-electron chi connectivity index (χ3n) is 3.72. The van der Waals surface area contributed by atoms with Crippen molar-refractivity contribution in [2.45, 2.75) is 26.9 Å². The molecule has 0 N–H and O–H groups in total. The lowest BCUT2D eigenvalue weighted by atomic mass is 10.2. The molecule has 0 unspecified atom stereocenters. The molecule has 0 saturated heterocycles. The lowest BCUT2D eigenvalue weighted by Gasteiger charge is -2.07. The molecule has 124 valence electrons. The third-order valence-corrected chi connectivity index (χ3v) is 3.72. The molecule has 2 heterocycles. The van der Waals surface area contributed by atoms with Crippen molar-refractivity contribution in [1.29, 1.82) is 0 Å². The first-order valence-electron chi connectivity index (χ1n) is 8.07. The van der Waals surface area contributed by atoms with E-state index < -0.39 is 0 Å². The molecule has 0 radical (unpaired) electrons. The van der Waals surface area contributed by atoms with Gasteiger partial charge in [-0.05, 0) is 25.0 Å². The average Bonchev–Trinajstić information content (AvgIpc) is 2.99. The van der Waals surface area contributed by atoms with Crippen LogP contribution in [-0.2, 0) is 17.8 Å². The van der Waals surface area contributed by atoms with Crippen LogP contribution in [0.15, 0.2) is 48.7 Å². The molecule has 0 aliphatic carbocycles. The smallest absolute Gasteiger partial charge is 0.357 e. The summed E-state index contributed by atoms with van der Waals surface area (Å²) < 4.78 is 12.7. The Bertz CT molecular complexity index is 840. The summed E-state index contributed by atoms with van der Waals surface area (Å²) in [6.07, 6.45) is 2.46. The number of benzene rings is 1. The number of aryl methyl sites for hydroxylation is 1. The first-order valence-corrected chi connectivity index (χ1v) is 8.07. The fraction of sp³-hybridized carbons (Fsp3) is 0.263. The summed E-state index contributed by atoms with van der Waals surface area (Å²) in [5, 5.41) is 0. The summed E-state index contributed by atoms with van der Waals surface area (Å²) in [4.78, 5) is 16.7. The molecular weight excluding hydrogens is 304 g/mol. The topological polar surface area (TPSA) is 52.8 Å². The Labute approximate surface area is 140 Å². The highest BCUT2D eigenvalue weighted by atomic mass is 16.5. The van der Waals surface area contributed by atoms with Crippen LogP contribution in [-0.4, -0.2) is 22.0 Å². The van der Waals surface area contributed by atoms with E-state index in [9.17, 15) is 4.79 Å². The van der Waals surface area contributed by atoms with Crippen LogP contribution in [0.3, 0.4) is 0 Å². The van der Waals surface area contributed by atoms with E-state index in [0.717, 1.165) is 17.0 Å². The van der Waals surface area contributed by atoms with Crippen molar-refractivity contribution in [3.63, 3.8) is 0 Å². The Morgan fingerprint density at radius 2 is 1.96 bits per heavy atom. The van der Waals surface area contributed by atoms with Gasteiger partial charge in [0.15, 0.2) is 5.69 Å². The van der Waals surface area contributed by atoms with E-state index in [2.05, 4.69) is 4.98 Å². The minimum absolute atomic E-state index is 0.341. The van der Waals surface area contributed by atoms with Gasteiger partial charge < -0.3 is 9.47 Å². The zero-order valence-electron chi connectivity index (χ0n) is 13.9. The van der Waals surface area contributed by atoms with Gasteiger partial charge in [0.25, 0.3) is 0 Å². The number of rotatable bonds is 6. The summed E-state index contributed by atoms with van der Waals surface area (Å²) in [5.41, 5.74) is 3.00. The summed E-state index contributed by atoms with van der Waals surface area (Å²) in [6, 6.07) is 13.6. The van der Waals surface area contributed by atoms with Gasteiger partial charge >= 0.3 is 5.97 Å². The van der Waals surface area contributed by atoms with Crippen molar-refractivity contribution in [2.75, 3.05) is 6.61 Å². The molecule has 0 atom stereocenters. The summed E-state index contributed by atoms with van der Waals surface area (Å²) >= 11 is 0. The first kappa shape index (κ1) is 16.1. The van der Waals surface area contributed by atoms with Crippen molar-refractivity contribution in [3.8, 4) is 5.75 Å². The molecule has 0 bridgehead atoms. The predicted octanol–water partition coefficient (Wildman–Crippen LogP) is 3.65. The molecule has 0 aliphatic heterocycles. The number of ether oxygens (including phenoxy) is 2. The molecule has 0 spiro atoms. The van der Waals surface area contributed by atoms with Crippen LogP contribution in [0, 0.1) is 0 Å². The highest BCUT2D eigenvalue weighted by molar-refractivity contribution is 5.90. The Kier molecular flexibility index (Phi) is 4.79. The maximum Gasteiger partial charge on any atom is 0.357 e. The molecular formula is C19H20N2O3. The molecule has 1 aromatic carbocycles. The van der Waals surface area contributed by atoms with E-state index >= 15 is 0 Å². The Morgan fingerprint density at radius 3 is 2.67 bits per heavy atom. The van der Waals surface area contributed by atoms with E-state index in [0.29, 0.717) is 31.0 Å². The predicted molar refractivity (Wildman–Crippen MR) is 91.3 cm³/mol. The molecule has 2 aromatic heterocycles. The van der Waals surface area contributed by atoms with Gasteiger partial charge in [-0.1, -0.05) is 37.3 Å². The number of pyridine rings is 1. The molecule has 0 amide bonds. The highest BCUT2D eigenvalue weighted by Crippen LogP contribution is 2.20. The number of carbonyl (C=O) groups excluding carboxylic acids is 1. The number of imidazole rings is 1. The quantitative estimate of drug-likeness (QED) is 0.649. The fourth-order valence-electron chi connectivity index (χ4n) is 2.57. The molecule has 0 saturated carbocycles. The van der Waals surface area contributed by atoms with Gasteiger partial charge in [0.1, 0.15) is 18.0 Å². The van der Waals surface area contributed by atoms with Crippen molar-refractivity contribution < 1.29 is 14.3 Å². The molecule has 3 rings (SSSR count). The molecule has 5 nitrogen and oxygen atoms in total. The fourth-order valence-corrected chi connectivity index (χ4v) is 2.57. The largest absolute Gasteiger partial charge is 0.489 e. The van der Waals surface area contributed by atoms with Gasteiger partial charge in [0, 0.05) is 12.3 Å². The molecule has 0 aliphatic rings. The summed E-state index contributed by atoms with van der Waals surface area (Å²) in [6.45, 7) is 4.59. The highest BCUT2D eigenvalue weighted by Gasteiger charge is 2.19. The maximum atomic E-state index is 12.2. The normalized spacial score (nSPS) is 10.8. The monoisotopic (exact) mass is 324 g/mol. The molecule has 24 heavy (non-hydrogen) atoms. The number of hydrogen-bond acceptors (Lipinski definition) is 4. The Morgan fingerprint density at radius 1 is 1.17 bits per heavy atom. The second kappa shape index (κ2) is 7.17. The SMILES string of the molecule is CCOC(=O)c1c(CC)nc2cc(OCc3ccccc3)ccn12. The zero-order valence-corrected chi connectivity index (χ0v) is 13.9. The van der Waals surface area contributed by atoms with Crippen LogP contribution in [0.1, 0.15) is 35.6 Å². The Balaban J connectivity index is 1.87. The van der Waals surface area contributed by atoms with Crippen molar-refractivity contribution >= 4 is 11.6 Å². The third kappa shape index (κ3) is 3.25. The minimum atomic E-state index is -0.347. The standard InChI is InChI=1S/C19H20N2O3/c1-3-16-18(19(22)23-4-2)21-11-10-15(12-17(21)20-16)24-13-14-8-6-5-7-9-14/h5-12H,3-4,13H2,1-2H3. The van der Waals surface area contributed by atoms with Crippen molar-refractivity contribution in [3.05, 3.63) is 65.6 Å². The number of esters is 1. The summed E-state index contributed by atoms with van der Waals surface area (Å²) in [7, 11) is 0. The second-order valence-electron chi connectivity index (χ2n) is 5.35. The van der Waals surface area contributed by atoms with Gasteiger partial charge in [-0.15, -0.1) is 0 Å². The van der Waals surface area contributed by atoms with E-state index in [1.165, 1.54) is 0 Å². The number of carbonyl (C=O) groups is 1. The van der Waals surface area contributed by atoms with Gasteiger partial charge in [-0.3, -0.25) is 4.40 Å². The van der Waals surface area contributed by atoms with Crippen LogP contribution < -0.4 is 4.74 Å². The number of nitrogens with zero attached hydrogens (tertiary/aromatic N) is 2.